The van der Waals surface area contributed by atoms with Gasteiger partial charge in [0.25, 0.3) is 5.91 Å². The van der Waals surface area contributed by atoms with Gasteiger partial charge in [0.2, 0.25) is 0 Å². The van der Waals surface area contributed by atoms with E-state index in [1.165, 1.54) is 6.26 Å². The topological polar surface area (TPSA) is 86.4 Å². The predicted octanol–water partition coefficient (Wildman–Crippen LogP) is 2.68. The van der Waals surface area contributed by atoms with E-state index in [1.54, 1.807) is 24.3 Å². The molecule has 0 aliphatic heterocycles. The highest BCUT2D eigenvalue weighted by Gasteiger charge is 2.12. The number of nitrogens with one attached hydrogen (secondary N) is 1. The second-order valence-electron chi connectivity index (χ2n) is 5.36. The Labute approximate surface area is 148 Å². The van der Waals surface area contributed by atoms with Gasteiger partial charge in [-0.1, -0.05) is 11.6 Å². The van der Waals surface area contributed by atoms with Crippen molar-refractivity contribution in [3.8, 4) is 0 Å². The number of furan rings is 1. The van der Waals surface area contributed by atoms with Crippen molar-refractivity contribution in [2.75, 3.05) is 6.54 Å². The van der Waals surface area contributed by atoms with Crippen molar-refractivity contribution in [3.05, 3.63) is 53.2 Å². The van der Waals surface area contributed by atoms with Crippen molar-refractivity contribution in [3.63, 3.8) is 0 Å². The summed E-state index contributed by atoms with van der Waals surface area (Å²) in [6.45, 7) is 0.213. The minimum absolute atomic E-state index is 0.0494. The van der Waals surface area contributed by atoms with Crippen LogP contribution in [0.25, 0.3) is 11.0 Å². The van der Waals surface area contributed by atoms with E-state index in [0.717, 1.165) is 11.0 Å². The van der Waals surface area contributed by atoms with Crippen LogP contribution >= 0.6 is 11.6 Å². The number of aromatic nitrogens is 2. The third-order valence-electron chi connectivity index (χ3n) is 3.66. The zero-order chi connectivity index (χ0) is 17.8. The molecule has 1 N–H and O–H groups in total. The maximum Gasteiger partial charge on any atom is 0.308 e. The first-order valence-corrected chi connectivity index (χ1v) is 8.00. The molecule has 1 aromatic carbocycles. The first-order valence-electron chi connectivity index (χ1n) is 7.63. The van der Waals surface area contributed by atoms with E-state index in [1.807, 2.05) is 17.7 Å². The number of rotatable bonds is 6. The fourth-order valence-corrected chi connectivity index (χ4v) is 2.51. The van der Waals surface area contributed by atoms with Gasteiger partial charge in [-0.2, -0.15) is 0 Å². The summed E-state index contributed by atoms with van der Waals surface area (Å²) >= 11 is 5.95. The summed E-state index contributed by atoms with van der Waals surface area (Å²) in [5.74, 6) is 0.0202. The molecule has 8 heteroatoms. The Morgan fingerprint density at radius 2 is 2.20 bits per heavy atom. The molecule has 0 saturated carbocycles. The minimum Gasteiger partial charge on any atom is -0.459 e. The fourth-order valence-electron chi connectivity index (χ4n) is 2.34. The van der Waals surface area contributed by atoms with Gasteiger partial charge in [-0.25, -0.2) is 4.98 Å². The van der Waals surface area contributed by atoms with Crippen molar-refractivity contribution < 1.29 is 18.7 Å². The summed E-state index contributed by atoms with van der Waals surface area (Å²) in [5, 5.41) is 3.18. The molecule has 1 amide bonds. The van der Waals surface area contributed by atoms with Gasteiger partial charge in [-0.05, 0) is 30.3 Å². The third kappa shape index (κ3) is 4.00. The number of ether oxygens (including phenoxy) is 1. The normalized spacial score (nSPS) is 10.8. The number of fused-ring (bicyclic) bond motifs is 1. The Morgan fingerprint density at radius 3 is 2.96 bits per heavy atom. The molecule has 0 atom stereocenters. The molecule has 3 aromatic rings. The van der Waals surface area contributed by atoms with E-state index in [9.17, 15) is 9.59 Å². The largest absolute Gasteiger partial charge is 0.459 e. The van der Waals surface area contributed by atoms with Gasteiger partial charge in [0.15, 0.2) is 5.76 Å². The van der Waals surface area contributed by atoms with E-state index < -0.39 is 5.97 Å². The first kappa shape index (κ1) is 17.0. The van der Waals surface area contributed by atoms with Crippen molar-refractivity contribution in [1.82, 2.24) is 14.9 Å². The molecule has 3 rings (SSSR count). The lowest BCUT2D eigenvalue weighted by atomic mass is 10.3. The molecule has 0 fully saturated rings. The van der Waals surface area contributed by atoms with Crippen LogP contribution in [-0.2, 0) is 23.2 Å². The molecule has 0 radical (unpaired) electrons. The number of carbonyl (C=O) groups is 2. The van der Waals surface area contributed by atoms with Gasteiger partial charge in [0.05, 0.1) is 23.7 Å². The lowest BCUT2D eigenvalue weighted by Gasteiger charge is -2.06. The Morgan fingerprint density at radius 1 is 1.36 bits per heavy atom. The predicted molar refractivity (Wildman–Crippen MR) is 91.2 cm³/mol. The average Bonchev–Trinajstić information content (AvgIpc) is 3.21. The SMILES string of the molecule is Cn1c(COC(=O)CCNC(=O)c2ccco2)nc2cc(Cl)ccc21. The van der Waals surface area contributed by atoms with Crippen LogP contribution in [-0.4, -0.2) is 28.0 Å². The Balaban J connectivity index is 1.49. The van der Waals surface area contributed by atoms with Crippen molar-refractivity contribution in [2.45, 2.75) is 13.0 Å². The molecular weight excluding hydrogens is 346 g/mol. The summed E-state index contributed by atoms with van der Waals surface area (Å²) in [5.41, 5.74) is 1.65. The van der Waals surface area contributed by atoms with Crippen LogP contribution in [0.2, 0.25) is 5.02 Å². The van der Waals surface area contributed by atoms with Crippen molar-refractivity contribution >= 4 is 34.5 Å². The number of esters is 1. The number of nitrogens with zero attached hydrogens (tertiary/aromatic N) is 2. The highest BCUT2D eigenvalue weighted by molar-refractivity contribution is 6.31. The van der Waals surface area contributed by atoms with Crippen LogP contribution in [0.1, 0.15) is 22.8 Å². The zero-order valence-corrected chi connectivity index (χ0v) is 14.2. The number of amides is 1. The Hall–Kier alpha value is -2.80. The Bertz CT molecular complexity index is 902. The monoisotopic (exact) mass is 361 g/mol. The van der Waals surface area contributed by atoms with Crippen LogP contribution in [0.4, 0.5) is 0 Å². The molecule has 2 heterocycles. The van der Waals surface area contributed by atoms with E-state index in [4.69, 9.17) is 20.8 Å². The van der Waals surface area contributed by atoms with Crippen LogP contribution in [0, 0.1) is 0 Å². The number of benzene rings is 1. The third-order valence-corrected chi connectivity index (χ3v) is 3.89. The number of carbonyl (C=O) groups excluding carboxylic acids is 2. The molecule has 25 heavy (non-hydrogen) atoms. The van der Waals surface area contributed by atoms with Crippen molar-refractivity contribution in [2.24, 2.45) is 7.05 Å². The van der Waals surface area contributed by atoms with Gasteiger partial charge < -0.3 is 19.0 Å². The molecule has 0 saturated heterocycles. The second kappa shape index (κ2) is 7.40. The van der Waals surface area contributed by atoms with Crippen LogP contribution < -0.4 is 5.32 Å². The van der Waals surface area contributed by atoms with Gasteiger partial charge in [0.1, 0.15) is 12.4 Å². The molecule has 0 unspecified atom stereocenters. The molecule has 7 nitrogen and oxygen atoms in total. The smallest absolute Gasteiger partial charge is 0.308 e. The number of hydrogen-bond acceptors (Lipinski definition) is 5. The highest BCUT2D eigenvalue weighted by Crippen LogP contribution is 2.20. The van der Waals surface area contributed by atoms with E-state index in [0.29, 0.717) is 10.8 Å². The lowest BCUT2D eigenvalue weighted by Crippen LogP contribution is -2.26. The number of hydrogen-bond donors (Lipinski definition) is 1. The summed E-state index contributed by atoms with van der Waals surface area (Å²) in [6, 6.07) is 8.56. The molecule has 0 bridgehead atoms. The number of aryl methyl sites for hydroxylation is 1. The average molecular weight is 362 g/mol. The molecule has 0 aliphatic carbocycles. The molecule has 2 aromatic heterocycles. The molecule has 130 valence electrons. The first-order chi connectivity index (χ1) is 12.0. The quantitative estimate of drug-likeness (QED) is 0.682. The molecule has 0 spiro atoms. The Kier molecular flexibility index (Phi) is 5.04. The summed E-state index contributed by atoms with van der Waals surface area (Å²) in [7, 11) is 1.84. The summed E-state index contributed by atoms with van der Waals surface area (Å²) in [6.07, 6.45) is 1.47. The van der Waals surface area contributed by atoms with Gasteiger partial charge in [-0.15, -0.1) is 0 Å². The summed E-state index contributed by atoms with van der Waals surface area (Å²) in [4.78, 5) is 27.9. The van der Waals surface area contributed by atoms with E-state index >= 15 is 0 Å². The fraction of sp³-hybridized carbons (Fsp3) is 0.235. The zero-order valence-electron chi connectivity index (χ0n) is 13.5. The maximum atomic E-state index is 11.8. The highest BCUT2D eigenvalue weighted by atomic mass is 35.5. The van der Waals surface area contributed by atoms with E-state index in [2.05, 4.69) is 10.3 Å². The number of halogens is 1. The van der Waals surface area contributed by atoms with E-state index in [-0.39, 0.29) is 31.2 Å². The lowest BCUT2D eigenvalue weighted by molar-refractivity contribution is -0.145. The standard InChI is InChI=1S/C17H16ClN3O4/c1-21-13-5-4-11(18)9-12(13)20-15(21)10-25-16(22)6-7-19-17(23)14-3-2-8-24-14/h2-5,8-9H,6-7,10H2,1H3,(H,19,23). The van der Waals surface area contributed by atoms with Gasteiger partial charge in [0, 0.05) is 18.6 Å². The second-order valence-corrected chi connectivity index (χ2v) is 5.80. The molecule has 0 aliphatic rings. The van der Waals surface area contributed by atoms with Crippen molar-refractivity contribution in [1.29, 1.82) is 0 Å². The molecular formula is C17H16ClN3O4. The van der Waals surface area contributed by atoms with Crippen LogP contribution in [0.15, 0.2) is 41.0 Å². The van der Waals surface area contributed by atoms with Gasteiger partial charge >= 0.3 is 5.97 Å². The minimum atomic E-state index is -0.426. The van der Waals surface area contributed by atoms with Crippen LogP contribution in [0.5, 0.6) is 0 Å². The summed E-state index contributed by atoms with van der Waals surface area (Å²) < 4.78 is 12.0. The van der Waals surface area contributed by atoms with Crippen LogP contribution in [0.3, 0.4) is 0 Å². The maximum absolute atomic E-state index is 11.8. The number of imidazole rings is 1. The van der Waals surface area contributed by atoms with Gasteiger partial charge in [-0.3, -0.25) is 9.59 Å².